The van der Waals surface area contributed by atoms with Gasteiger partial charge in [-0.2, -0.15) is 0 Å². The minimum absolute atomic E-state index is 0.175. The highest BCUT2D eigenvalue weighted by Crippen LogP contribution is 2.24. The summed E-state index contributed by atoms with van der Waals surface area (Å²) in [4.78, 5) is 4.65. The summed E-state index contributed by atoms with van der Waals surface area (Å²) in [7, 11) is 4.20. The first-order valence-electron chi connectivity index (χ1n) is 7.50. The normalized spacial score (nSPS) is 23.8. The first kappa shape index (κ1) is 15.5. The van der Waals surface area contributed by atoms with Gasteiger partial charge in [-0.3, -0.25) is 4.90 Å². The highest BCUT2D eigenvalue weighted by Gasteiger charge is 2.31. The number of β-amino-alcohol motifs (C(OH)–C–C–N with tert-alkyl or cyclic N) is 1. The Morgan fingerprint density at radius 3 is 2.35 bits per heavy atom. The van der Waals surface area contributed by atoms with E-state index in [1.54, 1.807) is 0 Å². The molecule has 2 unspecified atom stereocenters. The van der Waals surface area contributed by atoms with Gasteiger partial charge < -0.3 is 10.0 Å². The van der Waals surface area contributed by atoms with Crippen molar-refractivity contribution in [2.45, 2.75) is 45.9 Å². The van der Waals surface area contributed by atoms with Gasteiger partial charge in [-0.05, 0) is 58.0 Å². The minimum Gasteiger partial charge on any atom is -0.392 e. The van der Waals surface area contributed by atoms with E-state index in [1.807, 2.05) is 0 Å². The number of likely N-dealkylation sites (tertiary alicyclic amines) is 1. The summed E-state index contributed by atoms with van der Waals surface area (Å²) in [6.07, 6.45) is 0.716. The molecular formula is C17H28N2O. The molecule has 0 spiro atoms. The molecule has 0 aromatic heterocycles. The van der Waals surface area contributed by atoms with Crippen LogP contribution in [0.25, 0.3) is 0 Å². The molecule has 0 aliphatic carbocycles. The topological polar surface area (TPSA) is 26.7 Å². The Hall–Kier alpha value is -0.900. The number of benzene rings is 1. The van der Waals surface area contributed by atoms with Gasteiger partial charge in [0.25, 0.3) is 0 Å². The maximum atomic E-state index is 9.98. The van der Waals surface area contributed by atoms with E-state index in [0.29, 0.717) is 6.04 Å². The van der Waals surface area contributed by atoms with E-state index in [4.69, 9.17) is 0 Å². The number of hydrogen-bond acceptors (Lipinski definition) is 3. The Balaban J connectivity index is 2.16. The Morgan fingerprint density at radius 2 is 1.80 bits per heavy atom. The van der Waals surface area contributed by atoms with E-state index >= 15 is 0 Å². The lowest BCUT2D eigenvalue weighted by Gasteiger charge is -2.28. The number of nitrogens with zero attached hydrogens (tertiary/aromatic N) is 2. The van der Waals surface area contributed by atoms with E-state index in [-0.39, 0.29) is 6.10 Å². The Morgan fingerprint density at radius 1 is 1.20 bits per heavy atom. The zero-order valence-corrected chi connectivity index (χ0v) is 13.5. The predicted octanol–water partition coefficient (Wildman–Crippen LogP) is 2.11. The number of aliphatic hydroxyl groups is 1. The molecule has 1 saturated heterocycles. The summed E-state index contributed by atoms with van der Waals surface area (Å²) in [6.45, 7) is 9.31. The van der Waals surface area contributed by atoms with Gasteiger partial charge in [-0.15, -0.1) is 0 Å². The molecule has 1 aromatic carbocycles. The van der Waals surface area contributed by atoms with Gasteiger partial charge in [-0.1, -0.05) is 17.7 Å². The Kier molecular flexibility index (Phi) is 4.84. The molecule has 1 fully saturated rings. The molecule has 0 bridgehead atoms. The van der Waals surface area contributed by atoms with Crippen LogP contribution >= 0.6 is 0 Å². The number of aryl methyl sites for hydroxylation is 3. The maximum absolute atomic E-state index is 9.98. The Labute approximate surface area is 123 Å². The first-order valence-corrected chi connectivity index (χ1v) is 7.50. The van der Waals surface area contributed by atoms with E-state index in [0.717, 1.165) is 26.1 Å². The summed E-state index contributed by atoms with van der Waals surface area (Å²) in [5.41, 5.74) is 5.49. The molecule has 0 saturated carbocycles. The van der Waals surface area contributed by atoms with Crippen molar-refractivity contribution in [3.8, 4) is 0 Å². The summed E-state index contributed by atoms with van der Waals surface area (Å²) in [5, 5.41) is 9.98. The Bertz CT molecular complexity index is 447. The lowest BCUT2D eigenvalue weighted by atomic mass is 9.99. The second kappa shape index (κ2) is 6.25. The van der Waals surface area contributed by atoms with Gasteiger partial charge in [0.2, 0.25) is 0 Å². The maximum Gasteiger partial charge on any atom is 0.0682 e. The molecule has 112 valence electrons. The number of likely N-dealkylation sites (N-methyl/N-ethyl adjacent to an activating group) is 1. The van der Waals surface area contributed by atoms with Gasteiger partial charge in [0, 0.05) is 25.7 Å². The summed E-state index contributed by atoms with van der Waals surface area (Å²) >= 11 is 0. The molecule has 1 N–H and O–H groups in total. The smallest absolute Gasteiger partial charge is 0.0682 e. The third kappa shape index (κ3) is 3.60. The standard InChI is InChI=1S/C17H28N2O/c1-12-6-13(2)17(14(3)7-12)11-19-10-16(20)8-15(19)9-18(4)5/h6-7,15-16,20H,8-11H2,1-5H3. The SMILES string of the molecule is Cc1cc(C)c(CN2CC(O)CC2CN(C)C)c(C)c1. The van der Waals surface area contributed by atoms with E-state index in [9.17, 15) is 5.11 Å². The van der Waals surface area contributed by atoms with Crippen LogP contribution in [0, 0.1) is 20.8 Å². The van der Waals surface area contributed by atoms with E-state index in [2.05, 4.69) is 56.8 Å². The predicted molar refractivity (Wildman–Crippen MR) is 84.0 cm³/mol. The van der Waals surface area contributed by atoms with Crippen molar-refractivity contribution in [2.75, 3.05) is 27.2 Å². The van der Waals surface area contributed by atoms with Crippen LogP contribution in [0.4, 0.5) is 0 Å². The van der Waals surface area contributed by atoms with E-state index < -0.39 is 0 Å². The zero-order valence-electron chi connectivity index (χ0n) is 13.5. The highest BCUT2D eigenvalue weighted by atomic mass is 16.3. The molecule has 1 aliphatic rings. The molecule has 3 heteroatoms. The van der Waals surface area contributed by atoms with Crippen LogP contribution in [0.5, 0.6) is 0 Å². The number of hydrogen-bond donors (Lipinski definition) is 1. The molecule has 1 heterocycles. The second-order valence-electron chi connectivity index (χ2n) is 6.61. The molecule has 0 radical (unpaired) electrons. The van der Waals surface area contributed by atoms with Gasteiger partial charge >= 0.3 is 0 Å². The van der Waals surface area contributed by atoms with Crippen molar-refractivity contribution >= 4 is 0 Å². The fraction of sp³-hybridized carbons (Fsp3) is 0.647. The van der Waals surface area contributed by atoms with Crippen LogP contribution in [0.1, 0.15) is 28.7 Å². The van der Waals surface area contributed by atoms with E-state index in [1.165, 1.54) is 22.3 Å². The lowest BCUT2D eigenvalue weighted by molar-refractivity contribution is 0.169. The molecule has 1 aromatic rings. The van der Waals surface area contributed by atoms with Crippen molar-refractivity contribution in [3.05, 3.63) is 34.4 Å². The van der Waals surface area contributed by atoms with Crippen molar-refractivity contribution in [3.63, 3.8) is 0 Å². The van der Waals surface area contributed by atoms with Gasteiger partial charge in [-0.25, -0.2) is 0 Å². The quantitative estimate of drug-likeness (QED) is 0.912. The molecule has 1 aliphatic heterocycles. The number of aliphatic hydroxyl groups excluding tert-OH is 1. The van der Waals surface area contributed by atoms with Crippen LogP contribution in [0.2, 0.25) is 0 Å². The van der Waals surface area contributed by atoms with Crippen molar-refractivity contribution in [2.24, 2.45) is 0 Å². The van der Waals surface area contributed by atoms with Crippen LogP contribution in [-0.4, -0.2) is 54.2 Å². The van der Waals surface area contributed by atoms with Crippen molar-refractivity contribution < 1.29 is 5.11 Å². The summed E-state index contributed by atoms with van der Waals surface area (Å²) in [5.74, 6) is 0. The van der Waals surface area contributed by atoms with Crippen LogP contribution in [0.3, 0.4) is 0 Å². The summed E-state index contributed by atoms with van der Waals surface area (Å²) in [6, 6.07) is 4.98. The van der Waals surface area contributed by atoms with Gasteiger partial charge in [0.15, 0.2) is 0 Å². The van der Waals surface area contributed by atoms with Crippen LogP contribution in [0.15, 0.2) is 12.1 Å². The largest absolute Gasteiger partial charge is 0.392 e. The van der Waals surface area contributed by atoms with Gasteiger partial charge in [0.05, 0.1) is 6.10 Å². The second-order valence-corrected chi connectivity index (χ2v) is 6.61. The number of rotatable bonds is 4. The molecular weight excluding hydrogens is 248 g/mol. The monoisotopic (exact) mass is 276 g/mol. The zero-order chi connectivity index (χ0) is 14.9. The summed E-state index contributed by atoms with van der Waals surface area (Å²) < 4.78 is 0. The molecule has 2 rings (SSSR count). The molecule has 0 amide bonds. The fourth-order valence-corrected chi connectivity index (χ4v) is 3.42. The molecule has 2 atom stereocenters. The average Bonchev–Trinajstić information content (AvgIpc) is 2.63. The highest BCUT2D eigenvalue weighted by molar-refractivity contribution is 5.37. The third-order valence-electron chi connectivity index (χ3n) is 4.28. The van der Waals surface area contributed by atoms with Crippen molar-refractivity contribution in [1.82, 2.24) is 9.80 Å². The van der Waals surface area contributed by atoms with Crippen LogP contribution < -0.4 is 0 Å². The minimum atomic E-state index is -0.175. The third-order valence-corrected chi connectivity index (χ3v) is 4.28. The first-order chi connectivity index (χ1) is 9.36. The lowest BCUT2D eigenvalue weighted by Crippen LogP contribution is -2.37. The van der Waals surface area contributed by atoms with Crippen molar-refractivity contribution in [1.29, 1.82) is 0 Å². The fourth-order valence-electron chi connectivity index (χ4n) is 3.42. The molecule has 20 heavy (non-hydrogen) atoms. The van der Waals surface area contributed by atoms with Crippen LogP contribution in [-0.2, 0) is 6.54 Å². The van der Waals surface area contributed by atoms with Gasteiger partial charge in [0.1, 0.15) is 0 Å². The molecule has 3 nitrogen and oxygen atoms in total. The average molecular weight is 276 g/mol.